The number of nitrogens with zero attached hydrogens (tertiary/aromatic N) is 2. The van der Waals surface area contributed by atoms with Crippen molar-refractivity contribution in [1.82, 2.24) is 15.1 Å². The van der Waals surface area contributed by atoms with Crippen molar-refractivity contribution < 1.29 is 43.3 Å². The van der Waals surface area contributed by atoms with Crippen molar-refractivity contribution in [3.8, 4) is 0 Å². The van der Waals surface area contributed by atoms with Crippen LogP contribution in [0.4, 0.5) is 5.69 Å². The quantitative estimate of drug-likeness (QED) is 0.137. The Hall–Kier alpha value is -4.10. The second-order valence-corrected chi connectivity index (χ2v) is 12.3. The van der Waals surface area contributed by atoms with Crippen molar-refractivity contribution >= 4 is 41.2 Å². The number of carbonyl (C=O) groups is 6. The molecule has 0 radical (unpaired) electrons. The number of likely N-dealkylation sites (tertiary alicyclic amines) is 1. The van der Waals surface area contributed by atoms with E-state index < -0.39 is 53.1 Å². The first-order valence-corrected chi connectivity index (χ1v) is 15.8. The van der Waals surface area contributed by atoms with E-state index in [0.29, 0.717) is 36.9 Å². The number of ether oxygens (including phenoxy) is 2. The Kier molecular flexibility index (Phi) is 13.9. The van der Waals surface area contributed by atoms with E-state index >= 15 is 0 Å². The summed E-state index contributed by atoms with van der Waals surface area (Å²) in [6, 6.07) is 5.91. The van der Waals surface area contributed by atoms with Crippen molar-refractivity contribution in [3.05, 3.63) is 42.5 Å². The van der Waals surface area contributed by atoms with Crippen molar-refractivity contribution in [1.29, 1.82) is 0 Å². The Morgan fingerprint density at radius 1 is 1.11 bits per heavy atom. The lowest BCUT2D eigenvalue weighted by Crippen LogP contribution is -2.53. The van der Waals surface area contributed by atoms with Crippen LogP contribution in [0.15, 0.2) is 36.9 Å². The number of aliphatic carboxylic acids is 1. The molecule has 2 heterocycles. The smallest absolute Gasteiger partial charge is 0.330 e. The number of anilines is 1. The van der Waals surface area contributed by atoms with Crippen LogP contribution in [-0.2, 0) is 38.2 Å². The Morgan fingerprint density at radius 3 is 2.54 bits per heavy atom. The molecule has 2 amide bonds. The zero-order chi connectivity index (χ0) is 33.7. The van der Waals surface area contributed by atoms with E-state index in [-0.39, 0.29) is 26.0 Å². The molecule has 1 aromatic carbocycles. The number of nitrogens with one attached hydrogen (secondary N) is 2. The van der Waals surface area contributed by atoms with Gasteiger partial charge < -0.3 is 35.0 Å². The molecule has 13 nitrogen and oxygen atoms in total. The maximum atomic E-state index is 13.7. The van der Waals surface area contributed by atoms with Gasteiger partial charge in [-0.25, -0.2) is 9.59 Å². The van der Waals surface area contributed by atoms with Gasteiger partial charge in [0.15, 0.2) is 0 Å². The number of carboxylic acid groups (broad SMARTS) is 1. The van der Waals surface area contributed by atoms with Crippen LogP contribution >= 0.6 is 0 Å². The molecule has 13 heteroatoms. The molecule has 2 fully saturated rings. The third-order valence-electron chi connectivity index (χ3n) is 8.10. The van der Waals surface area contributed by atoms with Crippen LogP contribution in [0.1, 0.15) is 70.5 Å². The molecule has 3 N–H and O–H groups in total. The van der Waals surface area contributed by atoms with Gasteiger partial charge in [0, 0.05) is 50.9 Å². The zero-order valence-corrected chi connectivity index (χ0v) is 26.8. The Labute approximate surface area is 269 Å². The summed E-state index contributed by atoms with van der Waals surface area (Å²) < 4.78 is 11.1. The molecule has 1 aromatic rings. The second-order valence-electron chi connectivity index (χ2n) is 12.3. The van der Waals surface area contributed by atoms with Gasteiger partial charge in [-0.2, -0.15) is 0 Å². The minimum absolute atomic E-state index is 0.180. The first kappa shape index (κ1) is 36.4. The van der Waals surface area contributed by atoms with Gasteiger partial charge in [-0.15, -0.1) is 0 Å². The molecule has 2 aliphatic rings. The third kappa shape index (κ3) is 11.1. The maximum absolute atomic E-state index is 13.7. The number of ketones is 1. The van der Waals surface area contributed by atoms with Crippen molar-refractivity contribution in [3.63, 3.8) is 0 Å². The van der Waals surface area contributed by atoms with Crippen LogP contribution in [0.25, 0.3) is 0 Å². The maximum Gasteiger partial charge on any atom is 0.330 e. The zero-order valence-electron chi connectivity index (χ0n) is 26.8. The molecule has 252 valence electrons. The summed E-state index contributed by atoms with van der Waals surface area (Å²) in [7, 11) is 0. The van der Waals surface area contributed by atoms with Crippen LogP contribution < -0.4 is 10.6 Å². The highest BCUT2D eigenvalue weighted by Gasteiger charge is 2.42. The Bertz CT molecular complexity index is 1280. The van der Waals surface area contributed by atoms with E-state index in [1.54, 1.807) is 24.3 Å². The van der Waals surface area contributed by atoms with E-state index in [4.69, 9.17) is 14.6 Å². The van der Waals surface area contributed by atoms with Crippen molar-refractivity contribution in [2.75, 3.05) is 51.2 Å². The summed E-state index contributed by atoms with van der Waals surface area (Å²) in [5, 5.41) is 14.9. The number of esters is 2. The highest BCUT2D eigenvalue weighted by Crippen LogP contribution is 2.29. The molecule has 0 spiro atoms. The van der Waals surface area contributed by atoms with E-state index in [2.05, 4.69) is 22.1 Å². The number of carbonyl (C=O) groups excluding carboxylic acids is 5. The first-order valence-electron chi connectivity index (χ1n) is 15.8. The van der Waals surface area contributed by atoms with Gasteiger partial charge in [0.1, 0.15) is 18.8 Å². The van der Waals surface area contributed by atoms with E-state index in [9.17, 15) is 28.8 Å². The van der Waals surface area contributed by atoms with Crippen LogP contribution in [0, 0.1) is 5.41 Å². The fourth-order valence-corrected chi connectivity index (χ4v) is 5.42. The van der Waals surface area contributed by atoms with Crippen LogP contribution in [0.3, 0.4) is 0 Å². The first-order chi connectivity index (χ1) is 21.9. The van der Waals surface area contributed by atoms with E-state index in [1.807, 2.05) is 0 Å². The summed E-state index contributed by atoms with van der Waals surface area (Å²) in [6.45, 7) is 10.7. The van der Waals surface area contributed by atoms with Gasteiger partial charge in [0.05, 0.1) is 11.8 Å². The summed E-state index contributed by atoms with van der Waals surface area (Å²) in [4.78, 5) is 78.7. The Balaban J connectivity index is 1.76. The normalized spacial score (nSPS) is 17.8. The number of amides is 2. The van der Waals surface area contributed by atoms with E-state index in [0.717, 1.165) is 45.2 Å². The average Bonchev–Trinajstić information content (AvgIpc) is 3.05. The third-order valence-corrected chi connectivity index (χ3v) is 8.10. The fraction of sp³-hybridized carbons (Fsp3) is 0.576. The van der Waals surface area contributed by atoms with Gasteiger partial charge >= 0.3 is 17.9 Å². The summed E-state index contributed by atoms with van der Waals surface area (Å²) in [5.74, 6) is -4.46. The molecular weight excluding hydrogens is 596 g/mol. The molecule has 3 rings (SSSR count). The number of rotatable bonds is 16. The molecule has 0 aliphatic carbocycles. The molecule has 0 bridgehead atoms. The van der Waals surface area contributed by atoms with Gasteiger partial charge in [-0.05, 0) is 70.2 Å². The van der Waals surface area contributed by atoms with Gasteiger partial charge in [-0.3, -0.25) is 19.2 Å². The number of hydrogen-bond donors (Lipinski definition) is 3. The number of benzene rings is 1. The highest BCUT2D eigenvalue weighted by molar-refractivity contribution is 6.38. The molecule has 1 unspecified atom stereocenters. The number of piperidine rings is 1. The SMILES string of the molecule is C=CC(=O)OCC(C)(C)C(=O)C(=O)N1CCCC[C@H]1C(=O)OC(CCCN1CCNCC1)c1cccc(NC(=O)CCC(=O)O)c1. The largest absolute Gasteiger partial charge is 0.481 e. The Morgan fingerprint density at radius 2 is 1.85 bits per heavy atom. The van der Waals surface area contributed by atoms with Crippen LogP contribution in [0.5, 0.6) is 0 Å². The monoisotopic (exact) mass is 642 g/mol. The van der Waals surface area contributed by atoms with Gasteiger partial charge in [0.2, 0.25) is 11.7 Å². The molecule has 2 aliphatic heterocycles. The predicted molar refractivity (Wildman–Crippen MR) is 169 cm³/mol. The van der Waals surface area contributed by atoms with Crippen molar-refractivity contribution in [2.24, 2.45) is 5.41 Å². The predicted octanol–water partition coefficient (Wildman–Crippen LogP) is 2.47. The minimum Gasteiger partial charge on any atom is -0.481 e. The average molecular weight is 643 g/mol. The molecule has 46 heavy (non-hydrogen) atoms. The van der Waals surface area contributed by atoms with Gasteiger partial charge in [-0.1, -0.05) is 18.7 Å². The number of piperazine rings is 1. The number of hydrogen-bond acceptors (Lipinski definition) is 10. The summed E-state index contributed by atoms with van der Waals surface area (Å²) in [5.41, 5.74) is -0.237. The van der Waals surface area contributed by atoms with Gasteiger partial charge in [0.25, 0.3) is 5.91 Å². The van der Waals surface area contributed by atoms with Crippen molar-refractivity contribution in [2.45, 2.75) is 70.9 Å². The molecule has 0 saturated carbocycles. The number of Topliss-reactive ketones (excluding diaryl/α,β-unsaturated/α-hetero) is 1. The second kappa shape index (κ2) is 17.6. The lowest BCUT2D eigenvalue weighted by Gasteiger charge is -2.36. The minimum atomic E-state index is -1.32. The van der Waals surface area contributed by atoms with Crippen LogP contribution in [-0.4, -0.2) is 102 Å². The lowest BCUT2D eigenvalue weighted by molar-refractivity contribution is -0.165. The standard InChI is InChI=1S/C33H46N4O9/c1-4-29(41)45-22-33(2,3)30(42)31(43)37-18-6-5-11-25(37)32(44)46-26(12-8-17-36-19-15-34-16-20-36)23-9-7-10-24(21-23)35-27(38)13-14-28(39)40/h4,7,9-10,21,25-26,34H,1,5-6,8,11-20,22H2,2-3H3,(H,35,38)(H,39,40)/t25-,26?/m0/s1. The lowest BCUT2D eigenvalue weighted by atomic mass is 9.87. The topological polar surface area (TPSA) is 172 Å². The van der Waals surface area contributed by atoms with E-state index in [1.165, 1.54) is 18.7 Å². The summed E-state index contributed by atoms with van der Waals surface area (Å²) >= 11 is 0. The fourth-order valence-electron chi connectivity index (χ4n) is 5.42. The molecule has 0 aromatic heterocycles. The highest BCUT2D eigenvalue weighted by atomic mass is 16.5. The molecular formula is C33H46N4O9. The summed E-state index contributed by atoms with van der Waals surface area (Å²) in [6.07, 6.45) is 2.61. The molecule has 2 saturated heterocycles. The number of carboxylic acids is 1. The molecule has 2 atom stereocenters. The van der Waals surface area contributed by atoms with Crippen LogP contribution in [0.2, 0.25) is 0 Å².